The third kappa shape index (κ3) is 16.9. The van der Waals surface area contributed by atoms with Gasteiger partial charge in [-0.1, -0.05) is 52.3 Å². The number of benzene rings is 6. The predicted octanol–water partition coefficient (Wildman–Crippen LogP) is 12.6. The summed E-state index contributed by atoms with van der Waals surface area (Å²) in [5.74, 6) is 4.91. The van der Waals surface area contributed by atoms with Gasteiger partial charge in [-0.05, 0) is 293 Å². The van der Waals surface area contributed by atoms with E-state index >= 15 is 0 Å². The summed E-state index contributed by atoms with van der Waals surface area (Å²) in [5, 5.41) is 48.9. The van der Waals surface area contributed by atoms with Gasteiger partial charge >= 0.3 is 29.6 Å². The Balaban J connectivity index is 0.000000134. The average molecular weight is 1550 g/mol. The van der Waals surface area contributed by atoms with Crippen molar-refractivity contribution in [1.29, 1.82) is 0 Å². The third-order valence-electron chi connectivity index (χ3n) is 21.9. The van der Waals surface area contributed by atoms with Crippen LogP contribution in [0, 0.1) is 13.8 Å². The van der Waals surface area contributed by atoms with Gasteiger partial charge in [0.2, 0.25) is 0 Å². The number of phenols is 4. The molecule has 0 bridgehead atoms. The quantitative estimate of drug-likeness (QED) is 0.0878. The van der Waals surface area contributed by atoms with Gasteiger partial charge in [0.25, 0.3) is 11.8 Å². The smallest absolute Gasteiger partial charge is 0.545 e. The number of Topliss-reactive ketones (excluding diaryl/α,β-unsaturated/α-hetero) is 1. The molecule has 18 rings (SSSR count). The molecule has 0 saturated heterocycles. The molecule has 2 aliphatic heterocycles. The number of carbonyl (C=O) groups excluding carboxylic acids is 4. The molecule has 0 fully saturated rings. The van der Waals surface area contributed by atoms with Gasteiger partial charge in [0.05, 0.1) is 41.7 Å². The summed E-state index contributed by atoms with van der Waals surface area (Å²) in [5.41, 5.74) is 21.1. The molecule has 6 aliphatic carbocycles. The normalized spacial score (nSPS) is 14.6. The van der Waals surface area contributed by atoms with E-state index in [0.717, 1.165) is 137 Å². The Bertz CT molecular complexity index is 5010. The maximum absolute atomic E-state index is 13.3. The van der Waals surface area contributed by atoms with Gasteiger partial charge in [0.15, 0.2) is 17.4 Å². The predicted molar refractivity (Wildman–Crippen MR) is 426 cm³/mol. The number of nitrogens with zero attached hydrogens (tertiary/aromatic N) is 8. The summed E-state index contributed by atoms with van der Waals surface area (Å²) in [4.78, 5) is 74.6. The van der Waals surface area contributed by atoms with E-state index in [2.05, 4.69) is 62.9 Å². The van der Waals surface area contributed by atoms with E-state index in [-0.39, 0.29) is 58.5 Å². The number of phenolic OH excluding ortho intramolecular Hbond substituents is 4. The Morgan fingerprint density at radius 2 is 0.900 bits per heavy atom. The first-order valence-electron chi connectivity index (χ1n) is 38.0. The molecular formula is C89H92BrN8NaO11. The summed E-state index contributed by atoms with van der Waals surface area (Å²) in [6, 6.07) is 37.2. The topological polar surface area (TPSA) is 255 Å². The van der Waals surface area contributed by atoms with Crippen LogP contribution in [0.25, 0.3) is 0 Å². The van der Waals surface area contributed by atoms with Crippen molar-refractivity contribution >= 4 is 74.1 Å². The minimum Gasteiger partial charge on any atom is -0.545 e. The molecular weight excluding hydrogens is 1460 g/mol. The molecule has 6 heterocycles. The van der Waals surface area contributed by atoms with Crippen molar-refractivity contribution in [1.82, 2.24) is 19.9 Å². The number of aromatic carboxylic acids is 1. The fraction of sp³-hybridized carbons (Fsp3) is 0.326. The molecule has 2 amide bonds. The van der Waals surface area contributed by atoms with Crippen LogP contribution in [0.4, 0.5) is 34.6 Å². The summed E-state index contributed by atoms with van der Waals surface area (Å²) in [6.07, 6.45) is 25.6. The molecule has 0 spiro atoms. The van der Waals surface area contributed by atoms with Crippen LogP contribution < -0.4 is 63.7 Å². The summed E-state index contributed by atoms with van der Waals surface area (Å²) in [6.45, 7) is 10.6. The molecule has 10 aromatic rings. The van der Waals surface area contributed by atoms with E-state index < -0.39 is 5.97 Å². The Labute approximate surface area is 673 Å². The number of anilines is 6. The van der Waals surface area contributed by atoms with Crippen molar-refractivity contribution in [2.75, 3.05) is 60.0 Å². The van der Waals surface area contributed by atoms with E-state index in [9.17, 15) is 44.7 Å². The Morgan fingerprint density at radius 1 is 0.455 bits per heavy atom. The summed E-state index contributed by atoms with van der Waals surface area (Å²) >= 11 is 3.47. The van der Waals surface area contributed by atoms with E-state index in [1.54, 1.807) is 91.0 Å². The molecule has 562 valence electrons. The van der Waals surface area contributed by atoms with E-state index in [4.69, 9.17) is 14.5 Å². The van der Waals surface area contributed by atoms with Crippen LogP contribution in [0.2, 0.25) is 0 Å². The van der Waals surface area contributed by atoms with Gasteiger partial charge in [0, 0.05) is 92.4 Å². The number of carbonyl (C=O) groups is 4. The number of hydrogen-bond acceptors (Lipinski definition) is 17. The number of aryl methyl sites for hydroxylation is 3. The van der Waals surface area contributed by atoms with Gasteiger partial charge < -0.3 is 59.4 Å². The SMILES string of the molecule is CCN1c2ncc(CCOc3ccc(C(=O)[O-])c4c3CCC4)cc2C(=O)N(C)c2cccnc21.CCN1c2ncc(CCOc3ccc(C)c4c3CCC4)cc2C(=O)N(C)c2cccnc21.Cc1ccc(O)c2c1CCC2.O=C1CCc2c(O)cccc21.Oc1ccc(Br)c2c1CCC2.Oc1cccc2c1CCC2.[Na+]. The zero-order valence-corrected chi connectivity index (χ0v) is 67.3. The molecule has 0 radical (unpaired) electrons. The van der Waals surface area contributed by atoms with Crippen LogP contribution in [-0.2, 0) is 83.5 Å². The van der Waals surface area contributed by atoms with E-state index in [0.29, 0.717) is 103 Å². The molecule has 0 saturated carbocycles. The Kier molecular flexibility index (Phi) is 25.8. The summed E-state index contributed by atoms with van der Waals surface area (Å²) in [7, 11) is 3.54. The van der Waals surface area contributed by atoms with Crippen molar-refractivity contribution in [3.8, 4) is 34.5 Å². The van der Waals surface area contributed by atoms with Crippen molar-refractivity contribution in [2.24, 2.45) is 0 Å². The number of amides is 2. The van der Waals surface area contributed by atoms with Crippen LogP contribution in [0.15, 0.2) is 151 Å². The standard InChI is InChI=1S/C26H26N4O4.C26H28N4O2.C10H12O.C9H9BrO.C9H8O2.C9H10O.Na/c1-3-30-23-20(25(31)29(2)21-8-5-12-27-24(21)30)14-16(15-28-23)11-13-34-22-10-9-19(26(32)33)17-6-4-7-18(17)22;1-4-30-24-21(26(31)29(3)22-9-6-13-27-25(22)30)15-18(16-28-24)12-14-32-23-11-10-17(2)19-7-5-8-20(19)23;1-7-5-6-10(11)9-4-2-3-8(7)9;10-8-4-5-9(11)7-3-1-2-6(7)8;10-8-3-1-2-6-7(8)4-5-9(6)11;10-9-6-2-4-7-3-1-5-8(7)9;/h5,8-10,12,14-15H,3-4,6-7,11,13H2,1-2H3,(H,32,33);6,9-11,13,15-16H,4-5,7-8,12,14H2,1-3H3;5-6,11H,2-4H2,1H3;4-5,11H,1-3H2;1-3,10H,4-5H2;2,4,6,10H,1,3,5H2;/q;;;;;;+1/p-1. The van der Waals surface area contributed by atoms with Gasteiger partial charge in [-0.3, -0.25) is 14.4 Å². The molecule has 19 nitrogen and oxygen atoms in total. The second kappa shape index (κ2) is 35.7. The number of rotatable bonds is 11. The zero-order valence-electron chi connectivity index (χ0n) is 63.7. The maximum atomic E-state index is 13.3. The molecule has 8 aliphatic rings. The van der Waals surface area contributed by atoms with E-state index in [1.165, 1.54) is 75.8 Å². The number of fused-ring (bicyclic) bond motifs is 10. The number of ketones is 1. The largest absolute Gasteiger partial charge is 1.00 e. The third-order valence-corrected chi connectivity index (χ3v) is 22.7. The average Bonchev–Trinajstić information content (AvgIpc) is 1.62. The van der Waals surface area contributed by atoms with Crippen LogP contribution >= 0.6 is 15.9 Å². The monoisotopic (exact) mass is 1550 g/mol. The Hall–Kier alpha value is -10.1. The number of aromatic nitrogens is 4. The minimum atomic E-state index is -1.14. The summed E-state index contributed by atoms with van der Waals surface area (Å²) < 4.78 is 13.4. The first-order chi connectivity index (χ1) is 52.8. The van der Waals surface area contributed by atoms with Crippen molar-refractivity contribution in [3.63, 3.8) is 0 Å². The number of halogens is 1. The van der Waals surface area contributed by atoms with Crippen LogP contribution in [0.1, 0.15) is 177 Å². The van der Waals surface area contributed by atoms with Crippen LogP contribution in [-0.4, -0.2) is 104 Å². The first-order valence-corrected chi connectivity index (χ1v) is 38.8. The molecule has 6 aromatic carbocycles. The minimum absolute atomic E-state index is 0. The second-order valence-corrected chi connectivity index (χ2v) is 29.4. The number of hydrogen-bond donors (Lipinski definition) is 4. The van der Waals surface area contributed by atoms with E-state index in [1.807, 2.05) is 84.4 Å². The Morgan fingerprint density at radius 3 is 1.43 bits per heavy atom. The van der Waals surface area contributed by atoms with Crippen molar-refractivity contribution in [3.05, 3.63) is 256 Å². The maximum Gasteiger partial charge on any atom is 1.00 e. The van der Waals surface area contributed by atoms with Crippen molar-refractivity contribution < 1.29 is 83.7 Å². The molecule has 4 aromatic heterocycles. The fourth-order valence-corrected chi connectivity index (χ4v) is 16.8. The number of ether oxygens (including phenoxy) is 2. The van der Waals surface area contributed by atoms with Gasteiger partial charge in [-0.25, -0.2) is 19.9 Å². The van der Waals surface area contributed by atoms with Gasteiger partial charge in [-0.15, -0.1) is 0 Å². The molecule has 4 N–H and O–H groups in total. The van der Waals surface area contributed by atoms with Crippen molar-refractivity contribution in [2.45, 2.75) is 150 Å². The molecule has 110 heavy (non-hydrogen) atoms. The van der Waals surface area contributed by atoms with Gasteiger partial charge in [-0.2, -0.15) is 0 Å². The molecule has 0 unspecified atom stereocenters. The first kappa shape index (κ1) is 79.4. The number of aromatic hydroxyl groups is 4. The number of pyridine rings is 4. The molecule has 21 heteroatoms. The zero-order chi connectivity index (χ0) is 76.6. The molecule has 0 atom stereocenters. The van der Waals surface area contributed by atoms with Gasteiger partial charge in [0.1, 0.15) is 46.1 Å². The second-order valence-electron chi connectivity index (χ2n) is 28.5. The fourth-order valence-electron chi connectivity index (χ4n) is 16.2. The van der Waals surface area contributed by atoms with Crippen LogP contribution in [0.3, 0.4) is 0 Å². The number of carboxylic acids is 1. The van der Waals surface area contributed by atoms with Crippen LogP contribution in [0.5, 0.6) is 34.5 Å². The number of carboxylic acid groups (broad SMARTS) is 1.